The molecule has 0 amide bonds. The summed E-state index contributed by atoms with van der Waals surface area (Å²) in [5.74, 6) is 0. The van der Waals surface area contributed by atoms with Gasteiger partial charge in [0, 0.05) is 0 Å². The fraction of sp³-hybridized carbons (Fsp3) is 0.500. The van der Waals surface area contributed by atoms with E-state index in [0.717, 1.165) is 4.68 Å². The molecule has 0 saturated heterocycles. The number of nitrogens with zero attached hydrogens (tertiary/aromatic N) is 2. The van der Waals surface area contributed by atoms with Crippen LogP contribution in [0.3, 0.4) is 0 Å². The minimum absolute atomic E-state index is 0.00447. The lowest BCUT2D eigenvalue weighted by molar-refractivity contribution is -0.142. The molecule has 0 fully saturated rings. The number of hydrogen-bond donors (Lipinski definition) is 0. The fourth-order valence-corrected chi connectivity index (χ4v) is 1.05. The summed E-state index contributed by atoms with van der Waals surface area (Å²) in [6.07, 6.45) is -4.28. The van der Waals surface area contributed by atoms with Crippen molar-refractivity contribution in [1.29, 1.82) is 0 Å². The Morgan fingerprint density at radius 1 is 1.58 bits per heavy atom. The van der Waals surface area contributed by atoms with Gasteiger partial charge in [0.05, 0.1) is 5.69 Å². The summed E-state index contributed by atoms with van der Waals surface area (Å²) >= 11 is 5.45. The second kappa shape index (κ2) is 2.97. The molecule has 0 bridgehead atoms. The molecule has 1 aromatic heterocycles. The highest BCUT2D eigenvalue weighted by atomic mass is 35.5. The zero-order valence-corrected chi connectivity index (χ0v) is 6.95. The van der Waals surface area contributed by atoms with Crippen LogP contribution in [0.25, 0.3) is 0 Å². The Bertz CT molecular complexity index is 279. The van der Waals surface area contributed by atoms with E-state index in [1.807, 2.05) is 0 Å². The highest BCUT2D eigenvalue weighted by Gasteiger charge is 2.29. The van der Waals surface area contributed by atoms with Gasteiger partial charge in [0.2, 0.25) is 0 Å². The summed E-state index contributed by atoms with van der Waals surface area (Å²) in [5.41, 5.74) is 0.476. The van der Waals surface area contributed by atoms with E-state index in [1.165, 1.54) is 6.07 Å². The monoisotopic (exact) mass is 198 g/mol. The maximum Gasteiger partial charge on any atom is 0.408 e. The van der Waals surface area contributed by atoms with Crippen LogP contribution in [0.2, 0.25) is 5.15 Å². The number of hydrogen-bond acceptors (Lipinski definition) is 1. The van der Waals surface area contributed by atoms with Crippen molar-refractivity contribution in [3.05, 3.63) is 16.9 Å². The van der Waals surface area contributed by atoms with Crippen LogP contribution in [0.5, 0.6) is 0 Å². The molecule has 0 unspecified atom stereocenters. The van der Waals surface area contributed by atoms with Gasteiger partial charge in [-0.25, -0.2) is 4.68 Å². The zero-order valence-electron chi connectivity index (χ0n) is 6.19. The predicted molar refractivity (Wildman–Crippen MR) is 38.0 cm³/mol. The molecular weight excluding hydrogens is 193 g/mol. The maximum atomic E-state index is 11.8. The van der Waals surface area contributed by atoms with Crippen molar-refractivity contribution in [2.45, 2.75) is 19.6 Å². The lowest BCUT2D eigenvalue weighted by atomic mass is 10.5. The van der Waals surface area contributed by atoms with Gasteiger partial charge in [-0.2, -0.15) is 18.3 Å². The minimum Gasteiger partial charge on any atom is -0.245 e. The molecule has 2 nitrogen and oxygen atoms in total. The first kappa shape index (κ1) is 9.38. The van der Waals surface area contributed by atoms with E-state index in [9.17, 15) is 13.2 Å². The van der Waals surface area contributed by atoms with Crippen LogP contribution < -0.4 is 0 Å². The molecule has 0 atom stereocenters. The number of aromatic nitrogens is 2. The first-order valence-corrected chi connectivity index (χ1v) is 3.53. The summed E-state index contributed by atoms with van der Waals surface area (Å²) in [7, 11) is 0. The highest BCUT2D eigenvalue weighted by Crippen LogP contribution is 2.20. The molecule has 0 aliphatic carbocycles. The first-order chi connectivity index (χ1) is 5.38. The van der Waals surface area contributed by atoms with Gasteiger partial charge in [-0.3, -0.25) is 0 Å². The molecule has 12 heavy (non-hydrogen) atoms. The average Bonchev–Trinajstić information content (AvgIpc) is 2.06. The number of rotatable bonds is 1. The molecule has 0 N–H and O–H groups in total. The quantitative estimate of drug-likeness (QED) is 0.678. The maximum absolute atomic E-state index is 11.8. The molecule has 0 aliphatic rings. The normalized spacial score (nSPS) is 12.1. The van der Waals surface area contributed by atoms with Crippen molar-refractivity contribution in [2.75, 3.05) is 0 Å². The molecule has 6 heteroatoms. The predicted octanol–water partition coefficient (Wildman–Crippen LogP) is 2.41. The van der Waals surface area contributed by atoms with E-state index in [0.29, 0.717) is 5.69 Å². The van der Waals surface area contributed by atoms with Crippen LogP contribution >= 0.6 is 11.6 Å². The Labute approximate surface area is 71.9 Å². The van der Waals surface area contributed by atoms with Crippen LogP contribution in [0.4, 0.5) is 13.2 Å². The van der Waals surface area contributed by atoms with E-state index in [1.54, 1.807) is 6.92 Å². The van der Waals surface area contributed by atoms with Gasteiger partial charge in [0.1, 0.15) is 11.7 Å². The van der Waals surface area contributed by atoms with Gasteiger partial charge in [-0.1, -0.05) is 11.6 Å². The van der Waals surface area contributed by atoms with Crippen molar-refractivity contribution in [1.82, 2.24) is 9.78 Å². The summed E-state index contributed by atoms with van der Waals surface area (Å²) < 4.78 is 36.2. The van der Waals surface area contributed by atoms with Crippen LogP contribution in [0.15, 0.2) is 6.07 Å². The van der Waals surface area contributed by atoms with Crippen LogP contribution in [-0.4, -0.2) is 16.0 Å². The second-order valence-electron chi connectivity index (χ2n) is 2.38. The van der Waals surface area contributed by atoms with Gasteiger partial charge in [0.15, 0.2) is 0 Å². The molecule has 0 radical (unpaired) electrons. The lowest BCUT2D eigenvalue weighted by Gasteiger charge is -2.06. The van der Waals surface area contributed by atoms with Crippen LogP contribution in [0.1, 0.15) is 5.69 Å². The van der Waals surface area contributed by atoms with E-state index in [-0.39, 0.29) is 5.15 Å². The summed E-state index contributed by atoms with van der Waals surface area (Å²) in [5, 5.41) is 3.56. The van der Waals surface area contributed by atoms with Crippen molar-refractivity contribution >= 4 is 11.6 Å². The Morgan fingerprint density at radius 3 is 2.50 bits per heavy atom. The van der Waals surface area contributed by atoms with Crippen molar-refractivity contribution in [3.8, 4) is 0 Å². The van der Waals surface area contributed by atoms with E-state index < -0.39 is 12.7 Å². The van der Waals surface area contributed by atoms with Gasteiger partial charge in [-0.15, -0.1) is 0 Å². The van der Waals surface area contributed by atoms with E-state index in [2.05, 4.69) is 5.10 Å². The van der Waals surface area contributed by atoms with E-state index >= 15 is 0 Å². The number of aryl methyl sites for hydroxylation is 1. The molecule has 68 valence electrons. The smallest absolute Gasteiger partial charge is 0.245 e. The van der Waals surface area contributed by atoms with Crippen molar-refractivity contribution in [2.24, 2.45) is 0 Å². The Balaban J connectivity index is 2.82. The molecular formula is C6H6ClF3N2. The van der Waals surface area contributed by atoms with Gasteiger partial charge in [-0.05, 0) is 13.0 Å². The summed E-state index contributed by atoms with van der Waals surface area (Å²) in [4.78, 5) is 0. The van der Waals surface area contributed by atoms with Crippen LogP contribution in [0, 0.1) is 6.92 Å². The standard InChI is InChI=1S/C6H6ClF3N2/c1-4-2-5(7)12(11-4)3-6(8,9)10/h2H,3H2,1H3. The van der Waals surface area contributed by atoms with Gasteiger partial charge in [0.25, 0.3) is 0 Å². The largest absolute Gasteiger partial charge is 0.408 e. The lowest BCUT2D eigenvalue weighted by Crippen LogP contribution is -2.18. The summed E-state index contributed by atoms with van der Waals surface area (Å²) in [6.45, 7) is 0.443. The molecule has 0 aromatic carbocycles. The molecule has 1 aromatic rings. The SMILES string of the molecule is Cc1cc(Cl)n(CC(F)(F)F)n1. The minimum atomic E-state index is -4.28. The fourth-order valence-electron chi connectivity index (χ4n) is 0.795. The average molecular weight is 199 g/mol. The third-order valence-corrected chi connectivity index (χ3v) is 1.49. The molecule has 0 saturated carbocycles. The van der Waals surface area contributed by atoms with E-state index in [4.69, 9.17) is 11.6 Å². The number of alkyl halides is 3. The van der Waals surface area contributed by atoms with Gasteiger partial charge < -0.3 is 0 Å². The molecule has 1 heterocycles. The number of halogens is 4. The first-order valence-electron chi connectivity index (χ1n) is 3.15. The third kappa shape index (κ3) is 2.41. The molecule has 0 spiro atoms. The Kier molecular flexibility index (Phi) is 2.32. The Hall–Kier alpha value is -0.710. The topological polar surface area (TPSA) is 17.8 Å². The summed E-state index contributed by atoms with van der Waals surface area (Å²) in [6, 6.07) is 1.38. The molecule has 1 rings (SSSR count). The van der Waals surface area contributed by atoms with Gasteiger partial charge >= 0.3 is 6.18 Å². The molecule has 0 aliphatic heterocycles. The Morgan fingerprint density at radius 2 is 2.17 bits per heavy atom. The van der Waals surface area contributed by atoms with Crippen molar-refractivity contribution in [3.63, 3.8) is 0 Å². The second-order valence-corrected chi connectivity index (χ2v) is 2.77. The van der Waals surface area contributed by atoms with Crippen LogP contribution in [-0.2, 0) is 6.54 Å². The van der Waals surface area contributed by atoms with Crippen molar-refractivity contribution < 1.29 is 13.2 Å². The zero-order chi connectivity index (χ0) is 9.35. The highest BCUT2D eigenvalue weighted by molar-refractivity contribution is 6.29. The third-order valence-electron chi connectivity index (χ3n) is 1.18.